The van der Waals surface area contributed by atoms with Gasteiger partial charge in [0.1, 0.15) is 5.75 Å². The van der Waals surface area contributed by atoms with Crippen LogP contribution in [0.1, 0.15) is 31.2 Å². The van der Waals surface area contributed by atoms with Crippen LogP contribution >= 0.6 is 0 Å². The van der Waals surface area contributed by atoms with E-state index in [2.05, 4.69) is 9.80 Å². The Morgan fingerprint density at radius 1 is 1.19 bits per heavy atom. The highest BCUT2D eigenvalue weighted by molar-refractivity contribution is 5.31. The van der Waals surface area contributed by atoms with Crippen molar-refractivity contribution >= 4 is 0 Å². The molecular formula is C21H34N2O3. The summed E-state index contributed by atoms with van der Waals surface area (Å²) in [5.41, 5.74) is 1.02. The summed E-state index contributed by atoms with van der Waals surface area (Å²) in [7, 11) is 1.77. The summed E-state index contributed by atoms with van der Waals surface area (Å²) in [6.45, 7) is 7.95. The molecule has 0 aliphatic carbocycles. The molecule has 0 spiro atoms. The Labute approximate surface area is 157 Å². The van der Waals surface area contributed by atoms with E-state index in [0.717, 1.165) is 57.3 Å². The minimum Gasteiger partial charge on any atom is -0.508 e. The number of aromatic hydroxyl groups is 1. The zero-order valence-corrected chi connectivity index (χ0v) is 16.1. The third-order valence-electron chi connectivity index (χ3n) is 5.71. The zero-order valence-electron chi connectivity index (χ0n) is 16.1. The summed E-state index contributed by atoms with van der Waals surface area (Å²) < 4.78 is 11.1. The first kappa shape index (κ1) is 19.6. The maximum Gasteiger partial charge on any atom is 0.120 e. The molecule has 146 valence electrons. The summed E-state index contributed by atoms with van der Waals surface area (Å²) in [5.74, 6) is 1.13. The number of hydrogen-bond acceptors (Lipinski definition) is 5. The van der Waals surface area contributed by atoms with Gasteiger partial charge in [-0.1, -0.05) is 18.2 Å². The summed E-state index contributed by atoms with van der Waals surface area (Å²) in [4.78, 5) is 5.01. The lowest BCUT2D eigenvalue weighted by molar-refractivity contribution is 0.0549. The summed E-state index contributed by atoms with van der Waals surface area (Å²) in [6.07, 6.45) is 5.17. The first-order valence-corrected chi connectivity index (χ1v) is 10.1. The normalized spacial score (nSPS) is 22.3. The van der Waals surface area contributed by atoms with Crippen molar-refractivity contribution < 1.29 is 14.6 Å². The van der Waals surface area contributed by atoms with Crippen molar-refractivity contribution in [3.8, 4) is 5.75 Å². The van der Waals surface area contributed by atoms with Crippen LogP contribution in [0.5, 0.6) is 5.75 Å². The minimum atomic E-state index is 0.350. The second-order valence-corrected chi connectivity index (χ2v) is 7.74. The van der Waals surface area contributed by atoms with Crippen molar-refractivity contribution in [3.63, 3.8) is 0 Å². The Bertz CT molecular complexity index is 526. The van der Waals surface area contributed by atoms with Crippen LogP contribution in [-0.4, -0.2) is 74.1 Å². The molecule has 3 rings (SSSR count). The van der Waals surface area contributed by atoms with Gasteiger partial charge in [-0.3, -0.25) is 4.90 Å². The molecule has 0 aromatic heterocycles. The number of phenolic OH excluding ortho intramolecular Hbond substituents is 1. The molecule has 0 radical (unpaired) electrons. The molecule has 2 fully saturated rings. The number of rotatable bonds is 9. The number of piperidine rings is 1. The Morgan fingerprint density at radius 2 is 2.00 bits per heavy atom. The van der Waals surface area contributed by atoms with E-state index in [1.807, 2.05) is 18.2 Å². The maximum atomic E-state index is 10.2. The molecule has 1 N–H and O–H groups in total. The molecule has 0 bridgehead atoms. The van der Waals surface area contributed by atoms with Crippen LogP contribution < -0.4 is 0 Å². The van der Waals surface area contributed by atoms with E-state index in [1.54, 1.807) is 13.2 Å². The SMILES string of the molecule is COCCN1CCC(CN(Cc2ccccc2O)CC2CCCO2)CC1. The van der Waals surface area contributed by atoms with Gasteiger partial charge in [0.05, 0.1) is 12.7 Å². The number of benzene rings is 1. The average molecular weight is 363 g/mol. The molecule has 2 saturated heterocycles. The van der Waals surface area contributed by atoms with Gasteiger partial charge in [0.25, 0.3) is 0 Å². The fourth-order valence-corrected chi connectivity index (χ4v) is 4.14. The summed E-state index contributed by atoms with van der Waals surface area (Å²) in [6, 6.07) is 7.71. The van der Waals surface area contributed by atoms with Gasteiger partial charge in [0.15, 0.2) is 0 Å². The highest BCUT2D eigenvalue weighted by atomic mass is 16.5. The lowest BCUT2D eigenvalue weighted by Crippen LogP contribution is -2.41. The largest absolute Gasteiger partial charge is 0.508 e. The van der Waals surface area contributed by atoms with Gasteiger partial charge in [0, 0.05) is 45.5 Å². The predicted octanol–water partition coefficient (Wildman–Crippen LogP) is 2.73. The maximum absolute atomic E-state index is 10.2. The standard InChI is InChI=1S/C21H34N2O3/c1-25-14-12-22-10-8-18(9-11-22)15-23(17-20-6-4-13-26-20)16-19-5-2-3-7-21(19)24/h2-3,5,7,18,20,24H,4,6,8-17H2,1H3. The van der Waals surface area contributed by atoms with E-state index in [4.69, 9.17) is 9.47 Å². The molecular weight excluding hydrogens is 328 g/mol. The first-order valence-electron chi connectivity index (χ1n) is 10.1. The topological polar surface area (TPSA) is 45.2 Å². The van der Waals surface area contributed by atoms with E-state index in [-0.39, 0.29) is 0 Å². The van der Waals surface area contributed by atoms with Crippen molar-refractivity contribution in [2.75, 3.05) is 53.0 Å². The van der Waals surface area contributed by atoms with Gasteiger partial charge < -0.3 is 19.5 Å². The van der Waals surface area contributed by atoms with Crippen molar-refractivity contribution in [2.24, 2.45) is 5.92 Å². The third kappa shape index (κ3) is 5.95. The van der Waals surface area contributed by atoms with Crippen molar-refractivity contribution in [3.05, 3.63) is 29.8 Å². The number of methoxy groups -OCH3 is 1. The van der Waals surface area contributed by atoms with Crippen LogP contribution in [-0.2, 0) is 16.0 Å². The summed E-state index contributed by atoms with van der Waals surface area (Å²) >= 11 is 0. The van der Waals surface area contributed by atoms with E-state index in [1.165, 1.54) is 32.4 Å². The van der Waals surface area contributed by atoms with Gasteiger partial charge in [0.2, 0.25) is 0 Å². The van der Waals surface area contributed by atoms with Gasteiger partial charge >= 0.3 is 0 Å². The van der Waals surface area contributed by atoms with E-state index < -0.39 is 0 Å². The number of nitrogens with zero attached hydrogens (tertiary/aromatic N) is 2. The summed E-state index contributed by atoms with van der Waals surface area (Å²) in [5, 5.41) is 10.2. The molecule has 0 amide bonds. The molecule has 5 heteroatoms. The number of ether oxygens (including phenoxy) is 2. The number of likely N-dealkylation sites (tertiary alicyclic amines) is 1. The molecule has 1 aromatic rings. The molecule has 1 atom stereocenters. The lowest BCUT2D eigenvalue weighted by Gasteiger charge is -2.35. The molecule has 2 aliphatic heterocycles. The highest BCUT2D eigenvalue weighted by Gasteiger charge is 2.25. The monoisotopic (exact) mass is 362 g/mol. The van der Waals surface area contributed by atoms with Crippen LogP contribution in [0.15, 0.2) is 24.3 Å². The Balaban J connectivity index is 1.54. The van der Waals surface area contributed by atoms with E-state index in [9.17, 15) is 5.11 Å². The average Bonchev–Trinajstić information content (AvgIpc) is 3.16. The van der Waals surface area contributed by atoms with Crippen molar-refractivity contribution in [1.29, 1.82) is 0 Å². The van der Waals surface area contributed by atoms with Crippen LogP contribution in [0.2, 0.25) is 0 Å². The van der Waals surface area contributed by atoms with Crippen molar-refractivity contribution in [1.82, 2.24) is 9.80 Å². The van der Waals surface area contributed by atoms with Gasteiger partial charge in [-0.25, -0.2) is 0 Å². The van der Waals surface area contributed by atoms with E-state index in [0.29, 0.717) is 11.9 Å². The predicted molar refractivity (Wildman–Crippen MR) is 103 cm³/mol. The van der Waals surface area contributed by atoms with Crippen molar-refractivity contribution in [2.45, 2.75) is 38.3 Å². The van der Waals surface area contributed by atoms with Gasteiger partial charge in [-0.05, 0) is 50.8 Å². The first-order chi connectivity index (χ1) is 12.7. The minimum absolute atomic E-state index is 0.350. The number of hydrogen-bond donors (Lipinski definition) is 1. The molecule has 2 heterocycles. The van der Waals surface area contributed by atoms with Crippen LogP contribution in [0.4, 0.5) is 0 Å². The fraction of sp³-hybridized carbons (Fsp3) is 0.714. The Hall–Kier alpha value is -1.14. The lowest BCUT2D eigenvalue weighted by atomic mass is 9.95. The highest BCUT2D eigenvalue weighted by Crippen LogP contribution is 2.24. The second kappa shape index (κ2) is 10.3. The van der Waals surface area contributed by atoms with Crippen LogP contribution in [0.3, 0.4) is 0 Å². The Kier molecular flexibility index (Phi) is 7.74. The molecule has 2 aliphatic rings. The third-order valence-corrected chi connectivity index (χ3v) is 5.71. The van der Waals surface area contributed by atoms with Crippen LogP contribution in [0, 0.1) is 5.92 Å². The Morgan fingerprint density at radius 3 is 2.69 bits per heavy atom. The quantitative estimate of drug-likeness (QED) is 0.732. The van der Waals surface area contributed by atoms with Gasteiger partial charge in [-0.15, -0.1) is 0 Å². The van der Waals surface area contributed by atoms with Crippen LogP contribution in [0.25, 0.3) is 0 Å². The number of phenols is 1. The van der Waals surface area contributed by atoms with E-state index >= 15 is 0 Å². The zero-order chi connectivity index (χ0) is 18.2. The molecule has 1 aromatic carbocycles. The smallest absolute Gasteiger partial charge is 0.120 e. The second-order valence-electron chi connectivity index (χ2n) is 7.74. The molecule has 1 unspecified atom stereocenters. The molecule has 0 saturated carbocycles. The fourth-order valence-electron chi connectivity index (χ4n) is 4.14. The van der Waals surface area contributed by atoms with Gasteiger partial charge in [-0.2, -0.15) is 0 Å². The molecule has 26 heavy (non-hydrogen) atoms. The number of para-hydroxylation sites is 1. The molecule has 5 nitrogen and oxygen atoms in total.